The van der Waals surface area contributed by atoms with Crippen molar-refractivity contribution in [1.82, 2.24) is 31.2 Å². The van der Waals surface area contributed by atoms with Gasteiger partial charge in [-0.3, -0.25) is 24.0 Å². The van der Waals surface area contributed by atoms with Crippen LogP contribution in [0.15, 0.2) is 12.5 Å². The highest BCUT2D eigenvalue weighted by Gasteiger charge is 2.30. The van der Waals surface area contributed by atoms with E-state index in [1.165, 1.54) is 19.4 Å². The molecule has 0 bridgehead atoms. The van der Waals surface area contributed by atoms with E-state index < -0.39 is 59.7 Å². The summed E-state index contributed by atoms with van der Waals surface area (Å²) in [5.41, 5.74) is 10.9. The van der Waals surface area contributed by atoms with Crippen molar-refractivity contribution in [3.63, 3.8) is 0 Å². The van der Waals surface area contributed by atoms with Crippen molar-refractivity contribution in [2.45, 2.75) is 70.6 Å². The molecule has 10 N–H and O–H groups in total. The number of hydrogen-bond donors (Lipinski definition) is 8. The van der Waals surface area contributed by atoms with E-state index in [9.17, 15) is 33.9 Å². The van der Waals surface area contributed by atoms with Crippen LogP contribution in [-0.4, -0.2) is 81.3 Å². The molecule has 1 heterocycles. The summed E-state index contributed by atoms with van der Waals surface area (Å²) in [6.45, 7) is 4.61. The summed E-state index contributed by atoms with van der Waals surface area (Å²) in [6, 6.07) is -4.65. The smallest absolute Gasteiger partial charge is 0.326 e. The number of nitrogens with zero attached hydrogens (tertiary/aromatic N) is 1. The SMILES string of the molecule is CC(C)C[C@H](NC(=O)[C@H](CCC(N)=O)NC(=O)CN)C(=O)N[C@@H](C)C(=O)N[C@@H](Cc1cnc[nH]1)C(=O)O. The molecule has 1 aromatic heterocycles. The number of hydrogen-bond acceptors (Lipinski definition) is 8. The van der Waals surface area contributed by atoms with Crippen molar-refractivity contribution in [2.24, 2.45) is 17.4 Å². The van der Waals surface area contributed by atoms with Gasteiger partial charge in [0.1, 0.15) is 24.2 Å². The third-order valence-electron chi connectivity index (χ3n) is 5.20. The Labute approximate surface area is 213 Å². The van der Waals surface area contributed by atoms with Crippen LogP contribution in [0.3, 0.4) is 0 Å². The molecular weight excluding hydrogens is 488 g/mol. The van der Waals surface area contributed by atoms with Gasteiger partial charge in [-0.2, -0.15) is 0 Å². The highest BCUT2D eigenvalue weighted by atomic mass is 16.4. The second kappa shape index (κ2) is 15.2. The van der Waals surface area contributed by atoms with Gasteiger partial charge in [0.15, 0.2) is 0 Å². The second-order valence-corrected chi connectivity index (χ2v) is 8.93. The quantitative estimate of drug-likeness (QED) is 0.111. The van der Waals surface area contributed by atoms with Gasteiger partial charge in [-0.05, 0) is 25.7 Å². The lowest BCUT2D eigenvalue weighted by molar-refractivity contribution is -0.142. The van der Waals surface area contributed by atoms with E-state index in [4.69, 9.17) is 11.5 Å². The van der Waals surface area contributed by atoms with Crippen molar-refractivity contribution in [3.8, 4) is 0 Å². The lowest BCUT2D eigenvalue weighted by Gasteiger charge is -2.25. The van der Waals surface area contributed by atoms with Crippen LogP contribution in [0, 0.1) is 5.92 Å². The molecule has 0 aromatic carbocycles. The molecule has 0 aliphatic rings. The van der Waals surface area contributed by atoms with Crippen LogP contribution in [-0.2, 0) is 35.2 Å². The molecule has 1 rings (SSSR count). The second-order valence-electron chi connectivity index (χ2n) is 8.93. The minimum atomic E-state index is -1.27. The van der Waals surface area contributed by atoms with E-state index >= 15 is 0 Å². The molecule has 15 heteroatoms. The summed E-state index contributed by atoms with van der Waals surface area (Å²) in [6.07, 6.45) is 2.66. The predicted octanol–water partition coefficient (Wildman–Crippen LogP) is -2.73. The molecule has 4 atom stereocenters. The number of carbonyl (C=O) groups excluding carboxylic acids is 5. The molecular formula is C22H36N8O7. The Bertz CT molecular complexity index is 951. The highest BCUT2D eigenvalue weighted by Crippen LogP contribution is 2.08. The molecule has 5 amide bonds. The minimum absolute atomic E-state index is 0.0466. The predicted molar refractivity (Wildman–Crippen MR) is 130 cm³/mol. The summed E-state index contributed by atoms with van der Waals surface area (Å²) in [5, 5.41) is 19.2. The third-order valence-corrected chi connectivity index (χ3v) is 5.20. The monoisotopic (exact) mass is 524 g/mol. The number of carboxylic acids is 1. The van der Waals surface area contributed by atoms with E-state index in [0.29, 0.717) is 5.69 Å². The van der Waals surface area contributed by atoms with Gasteiger partial charge in [-0.25, -0.2) is 9.78 Å². The Balaban J connectivity index is 2.88. The molecule has 0 aliphatic carbocycles. The number of aliphatic carboxylic acids is 1. The lowest BCUT2D eigenvalue weighted by atomic mass is 10.0. The van der Waals surface area contributed by atoms with Crippen LogP contribution in [0.4, 0.5) is 0 Å². The number of aromatic amines is 1. The van der Waals surface area contributed by atoms with Gasteiger partial charge in [0.25, 0.3) is 0 Å². The molecule has 0 saturated heterocycles. The topological polar surface area (TPSA) is 251 Å². The Hall–Kier alpha value is -4.01. The number of carboxylic acid groups (broad SMARTS) is 1. The molecule has 0 radical (unpaired) electrons. The standard InChI is InChI=1S/C22H36N8O7/c1-11(2)6-15(29-20(34)14(4-5-17(24)31)28-18(32)8-23)21(35)27-12(3)19(33)30-16(22(36)37)7-13-9-25-10-26-13/h9-12,14-16H,4-8,23H2,1-3H3,(H2,24,31)(H,25,26)(H,27,35)(H,28,32)(H,29,34)(H,30,33)(H,36,37)/t12-,14-,15-,16-/m0/s1. The van der Waals surface area contributed by atoms with Crippen molar-refractivity contribution in [2.75, 3.05) is 6.54 Å². The van der Waals surface area contributed by atoms with Crippen LogP contribution < -0.4 is 32.7 Å². The van der Waals surface area contributed by atoms with Crippen molar-refractivity contribution in [1.29, 1.82) is 0 Å². The van der Waals surface area contributed by atoms with E-state index in [2.05, 4.69) is 31.2 Å². The zero-order chi connectivity index (χ0) is 28.1. The van der Waals surface area contributed by atoms with Gasteiger partial charge in [-0.15, -0.1) is 0 Å². The Morgan fingerprint density at radius 2 is 1.57 bits per heavy atom. The number of amides is 5. The molecule has 15 nitrogen and oxygen atoms in total. The fraction of sp³-hybridized carbons (Fsp3) is 0.591. The Kier molecular flexibility index (Phi) is 12.7. The molecule has 206 valence electrons. The van der Waals surface area contributed by atoms with Gasteiger partial charge in [0.2, 0.25) is 29.5 Å². The number of carbonyl (C=O) groups is 6. The first-order chi connectivity index (χ1) is 17.3. The highest BCUT2D eigenvalue weighted by molar-refractivity contribution is 5.95. The number of imidazole rings is 1. The van der Waals surface area contributed by atoms with Gasteiger partial charge in [0.05, 0.1) is 12.9 Å². The molecule has 0 spiro atoms. The van der Waals surface area contributed by atoms with Gasteiger partial charge in [-0.1, -0.05) is 13.8 Å². The van der Waals surface area contributed by atoms with Crippen molar-refractivity contribution >= 4 is 35.5 Å². The first-order valence-corrected chi connectivity index (χ1v) is 11.7. The third kappa shape index (κ3) is 11.5. The van der Waals surface area contributed by atoms with Gasteiger partial charge >= 0.3 is 5.97 Å². The molecule has 0 fully saturated rings. The van der Waals surface area contributed by atoms with E-state index in [1.54, 1.807) is 0 Å². The number of rotatable bonds is 16. The van der Waals surface area contributed by atoms with Crippen LogP contribution in [0.1, 0.15) is 45.7 Å². The molecule has 37 heavy (non-hydrogen) atoms. The Morgan fingerprint density at radius 3 is 2.08 bits per heavy atom. The normalized spacial score (nSPS) is 14.1. The number of nitrogens with one attached hydrogen (secondary N) is 5. The van der Waals surface area contributed by atoms with Crippen molar-refractivity contribution < 1.29 is 33.9 Å². The maximum absolute atomic E-state index is 13.0. The van der Waals surface area contributed by atoms with Gasteiger partial charge in [0, 0.05) is 24.7 Å². The zero-order valence-corrected chi connectivity index (χ0v) is 21.1. The summed E-state index contributed by atoms with van der Waals surface area (Å²) < 4.78 is 0. The number of nitrogens with two attached hydrogens (primary N) is 2. The molecule has 1 aromatic rings. The fourth-order valence-electron chi connectivity index (χ4n) is 3.28. The average molecular weight is 525 g/mol. The van der Waals surface area contributed by atoms with E-state index in [1.807, 2.05) is 13.8 Å². The average Bonchev–Trinajstić information content (AvgIpc) is 3.33. The van der Waals surface area contributed by atoms with Crippen LogP contribution in [0.5, 0.6) is 0 Å². The number of H-pyrrole nitrogens is 1. The lowest BCUT2D eigenvalue weighted by Crippen LogP contribution is -2.57. The summed E-state index contributed by atoms with van der Waals surface area (Å²) in [4.78, 5) is 79.4. The fourth-order valence-corrected chi connectivity index (χ4v) is 3.28. The summed E-state index contributed by atoms with van der Waals surface area (Å²) in [7, 11) is 0. The largest absolute Gasteiger partial charge is 0.480 e. The van der Waals surface area contributed by atoms with E-state index in [0.717, 1.165) is 0 Å². The van der Waals surface area contributed by atoms with Gasteiger partial charge < -0.3 is 42.8 Å². The summed E-state index contributed by atoms with van der Waals surface area (Å²) >= 11 is 0. The molecule has 0 saturated carbocycles. The van der Waals surface area contributed by atoms with Crippen LogP contribution in [0.2, 0.25) is 0 Å². The maximum Gasteiger partial charge on any atom is 0.326 e. The van der Waals surface area contributed by atoms with E-state index in [-0.39, 0.29) is 38.1 Å². The van der Waals surface area contributed by atoms with Crippen molar-refractivity contribution in [3.05, 3.63) is 18.2 Å². The molecule has 0 aliphatic heterocycles. The first-order valence-electron chi connectivity index (χ1n) is 11.7. The maximum atomic E-state index is 13.0. The minimum Gasteiger partial charge on any atom is -0.480 e. The number of primary amides is 1. The Morgan fingerprint density at radius 1 is 0.946 bits per heavy atom. The van der Waals surface area contributed by atoms with Crippen LogP contribution >= 0.6 is 0 Å². The zero-order valence-electron chi connectivity index (χ0n) is 21.1. The number of aromatic nitrogens is 2. The first kappa shape index (κ1) is 31.0. The van der Waals surface area contributed by atoms with Crippen LogP contribution in [0.25, 0.3) is 0 Å². The summed E-state index contributed by atoms with van der Waals surface area (Å²) in [5.74, 6) is -4.80. The molecule has 0 unspecified atom stereocenters.